The summed E-state index contributed by atoms with van der Waals surface area (Å²) in [5.74, 6) is 0.628. The number of fused-ring (bicyclic) bond motifs is 1. The molecule has 5 aromatic rings. The predicted octanol–water partition coefficient (Wildman–Crippen LogP) is 8.80. The molecule has 46 heavy (non-hydrogen) atoms. The molecule has 0 aliphatic carbocycles. The van der Waals surface area contributed by atoms with E-state index >= 15 is 0 Å². The molecule has 0 bridgehead atoms. The van der Waals surface area contributed by atoms with E-state index in [4.69, 9.17) is 30.5 Å². The Morgan fingerprint density at radius 3 is 2.37 bits per heavy atom. The number of esters is 1. The van der Waals surface area contributed by atoms with Crippen LogP contribution in [0, 0.1) is 0 Å². The third-order valence-corrected chi connectivity index (χ3v) is 8.26. The molecule has 0 saturated carbocycles. The maximum Gasteiger partial charge on any atom is 0.343 e. The number of hydrazone groups is 1. The zero-order chi connectivity index (χ0) is 32.8. The number of benzene rings is 4. The molecule has 4 aromatic carbocycles. The van der Waals surface area contributed by atoms with Gasteiger partial charge in [-0.2, -0.15) is 5.10 Å². The van der Waals surface area contributed by atoms with Crippen LogP contribution in [0.25, 0.3) is 22.0 Å². The summed E-state index contributed by atoms with van der Waals surface area (Å²) in [6, 6.07) is 20.8. The molecule has 1 heterocycles. The van der Waals surface area contributed by atoms with Crippen molar-refractivity contribution in [3.63, 3.8) is 0 Å². The first-order valence-electron chi connectivity index (χ1n) is 14.1. The zero-order valence-electron chi connectivity index (χ0n) is 25.0. The Labute approximate surface area is 287 Å². The van der Waals surface area contributed by atoms with Gasteiger partial charge >= 0.3 is 5.97 Å². The molecule has 0 radical (unpaired) electrons. The summed E-state index contributed by atoms with van der Waals surface area (Å²) in [7, 11) is 1.55. The highest BCUT2D eigenvalue weighted by Gasteiger charge is 2.24. The lowest BCUT2D eigenvalue weighted by Crippen LogP contribution is -2.19. The number of H-pyrrole nitrogens is 1. The minimum atomic E-state index is -0.605. The highest BCUT2D eigenvalue weighted by Crippen LogP contribution is 2.43. The van der Waals surface area contributed by atoms with Gasteiger partial charge in [-0.1, -0.05) is 61.7 Å². The molecule has 9 nitrogen and oxygen atoms in total. The first-order valence-corrected chi connectivity index (χ1v) is 16.1. The Kier molecular flexibility index (Phi) is 10.7. The van der Waals surface area contributed by atoms with Crippen LogP contribution in [0.3, 0.4) is 0 Å². The van der Waals surface area contributed by atoms with Gasteiger partial charge in [0.1, 0.15) is 17.2 Å². The Bertz CT molecular complexity index is 1960. The van der Waals surface area contributed by atoms with Crippen molar-refractivity contribution in [3.05, 3.63) is 104 Å². The Morgan fingerprint density at radius 2 is 1.63 bits per heavy atom. The summed E-state index contributed by atoms with van der Waals surface area (Å²) in [6.07, 6.45) is 1.39. The molecular formula is C34H28Br2ClN3O6. The van der Waals surface area contributed by atoms with E-state index in [-0.39, 0.29) is 17.0 Å². The van der Waals surface area contributed by atoms with Crippen LogP contribution in [-0.4, -0.2) is 43.4 Å². The van der Waals surface area contributed by atoms with E-state index in [1.807, 2.05) is 38.1 Å². The number of hydrogen-bond donors (Lipinski definition) is 2. The van der Waals surface area contributed by atoms with Gasteiger partial charge in [0.15, 0.2) is 11.5 Å². The molecule has 0 aliphatic heterocycles. The summed E-state index contributed by atoms with van der Waals surface area (Å²) in [5, 5.41) is 5.39. The van der Waals surface area contributed by atoms with E-state index < -0.39 is 11.9 Å². The van der Waals surface area contributed by atoms with E-state index in [9.17, 15) is 9.59 Å². The molecule has 236 valence electrons. The molecule has 0 unspecified atom stereocenters. The van der Waals surface area contributed by atoms with Gasteiger partial charge < -0.3 is 23.9 Å². The number of carbonyl (C=O) groups excluding carboxylic acids is 2. The summed E-state index contributed by atoms with van der Waals surface area (Å²) >= 11 is 13.6. The van der Waals surface area contributed by atoms with E-state index in [0.29, 0.717) is 62.2 Å². The topological polar surface area (TPSA) is 111 Å². The lowest BCUT2D eigenvalue weighted by atomic mass is 10.0. The average Bonchev–Trinajstić information content (AvgIpc) is 3.45. The minimum Gasteiger partial charge on any atom is -0.495 e. The molecule has 2 N–H and O–H groups in total. The number of amides is 1. The van der Waals surface area contributed by atoms with Gasteiger partial charge in [-0.05, 0) is 68.4 Å². The van der Waals surface area contributed by atoms with Crippen molar-refractivity contribution < 1.29 is 28.5 Å². The second kappa shape index (κ2) is 14.8. The number of nitrogens with zero attached hydrogens (tertiary/aromatic N) is 1. The summed E-state index contributed by atoms with van der Waals surface area (Å²) < 4.78 is 24.0. The Balaban J connectivity index is 1.43. The fourth-order valence-electron chi connectivity index (χ4n) is 4.78. The lowest BCUT2D eigenvalue weighted by molar-refractivity contribution is 0.0733. The van der Waals surface area contributed by atoms with Crippen LogP contribution in [0.4, 0.5) is 0 Å². The normalized spacial score (nSPS) is 11.1. The summed E-state index contributed by atoms with van der Waals surface area (Å²) in [6.45, 7) is 4.57. The van der Waals surface area contributed by atoms with Gasteiger partial charge in [-0.3, -0.25) is 4.79 Å². The van der Waals surface area contributed by atoms with Gasteiger partial charge in [0.05, 0.1) is 37.6 Å². The van der Waals surface area contributed by atoms with Crippen molar-refractivity contribution in [1.29, 1.82) is 0 Å². The summed E-state index contributed by atoms with van der Waals surface area (Å²) in [5.41, 5.74) is 5.37. The maximum absolute atomic E-state index is 13.6. The van der Waals surface area contributed by atoms with Crippen molar-refractivity contribution in [2.24, 2.45) is 5.10 Å². The number of methoxy groups -OCH3 is 1. The molecule has 0 aliphatic rings. The predicted molar refractivity (Wildman–Crippen MR) is 186 cm³/mol. The number of nitrogens with one attached hydrogen (secondary N) is 2. The van der Waals surface area contributed by atoms with E-state index in [1.54, 1.807) is 55.6 Å². The monoisotopic (exact) mass is 767 g/mol. The fourth-order valence-corrected chi connectivity index (χ4v) is 5.92. The molecule has 0 atom stereocenters. The molecular weight excluding hydrogens is 742 g/mol. The molecule has 0 fully saturated rings. The third-order valence-electron chi connectivity index (χ3n) is 6.78. The Morgan fingerprint density at radius 1 is 0.913 bits per heavy atom. The molecule has 12 heteroatoms. The van der Waals surface area contributed by atoms with Crippen LogP contribution < -0.4 is 24.4 Å². The summed E-state index contributed by atoms with van der Waals surface area (Å²) in [4.78, 5) is 30.0. The maximum atomic E-state index is 13.6. The van der Waals surface area contributed by atoms with Gasteiger partial charge in [0.2, 0.25) is 0 Å². The van der Waals surface area contributed by atoms with Crippen molar-refractivity contribution in [2.45, 2.75) is 13.8 Å². The second-order valence-electron chi connectivity index (χ2n) is 9.65. The van der Waals surface area contributed by atoms with E-state index in [1.165, 1.54) is 6.21 Å². The second-order valence-corrected chi connectivity index (χ2v) is 11.8. The number of ether oxygens (including phenoxy) is 4. The van der Waals surface area contributed by atoms with Crippen LogP contribution in [0.1, 0.15) is 40.3 Å². The number of aromatic amines is 1. The van der Waals surface area contributed by atoms with Crippen LogP contribution >= 0.6 is 43.5 Å². The molecule has 5 rings (SSSR count). The van der Waals surface area contributed by atoms with Crippen LogP contribution in [0.5, 0.6) is 23.0 Å². The first-order chi connectivity index (χ1) is 22.2. The van der Waals surface area contributed by atoms with Gasteiger partial charge in [0, 0.05) is 36.0 Å². The molecule has 1 amide bonds. The zero-order valence-corrected chi connectivity index (χ0v) is 28.9. The average molecular weight is 770 g/mol. The highest BCUT2D eigenvalue weighted by molar-refractivity contribution is 9.11. The van der Waals surface area contributed by atoms with Gasteiger partial charge in [-0.25, -0.2) is 10.2 Å². The standard InChI is InChI=1S/C34H28Br2ClN3O6/c1-4-44-26-13-10-19(17-28(26)45-5-2)34(42)46-25-14-11-21(35)16-20(25)18-38-40-33(41)32-29(22-8-6-7-9-24(22)37)30-23(36)12-15-27(43-3)31(30)39-32/h6-18,39H,4-5H2,1-3H3,(H,40,41). The molecule has 1 aromatic heterocycles. The quantitative estimate of drug-likeness (QED) is 0.0602. The van der Waals surface area contributed by atoms with Crippen molar-refractivity contribution in [1.82, 2.24) is 10.4 Å². The largest absolute Gasteiger partial charge is 0.495 e. The number of carbonyl (C=O) groups is 2. The van der Waals surface area contributed by atoms with Gasteiger partial charge in [0.25, 0.3) is 5.91 Å². The minimum absolute atomic E-state index is 0.229. The Hall–Kier alpha value is -4.32. The number of halogens is 3. The molecule has 0 spiro atoms. The van der Waals surface area contributed by atoms with E-state index in [2.05, 4.69) is 47.4 Å². The number of hydrogen-bond acceptors (Lipinski definition) is 7. The van der Waals surface area contributed by atoms with Crippen molar-refractivity contribution >= 4 is 72.5 Å². The SMILES string of the molecule is CCOc1ccc(C(=O)Oc2ccc(Br)cc2C=NNC(=O)c2[nH]c3c(OC)ccc(Br)c3c2-c2ccccc2Cl)cc1OCC. The molecule has 0 saturated heterocycles. The van der Waals surface area contributed by atoms with E-state index in [0.717, 1.165) is 9.86 Å². The fraction of sp³-hybridized carbons (Fsp3) is 0.147. The van der Waals surface area contributed by atoms with Crippen molar-refractivity contribution in [3.8, 4) is 34.1 Å². The third kappa shape index (κ3) is 7.06. The van der Waals surface area contributed by atoms with Gasteiger partial charge in [-0.15, -0.1) is 0 Å². The number of aromatic nitrogens is 1. The van der Waals surface area contributed by atoms with Crippen molar-refractivity contribution in [2.75, 3.05) is 20.3 Å². The van der Waals surface area contributed by atoms with Crippen LogP contribution in [0.15, 0.2) is 86.8 Å². The number of rotatable bonds is 11. The lowest BCUT2D eigenvalue weighted by Gasteiger charge is -2.13. The van der Waals surface area contributed by atoms with Crippen LogP contribution in [0.2, 0.25) is 5.02 Å². The smallest absolute Gasteiger partial charge is 0.343 e. The first kappa shape index (κ1) is 33.1. The van der Waals surface area contributed by atoms with Crippen LogP contribution in [-0.2, 0) is 0 Å². The highest BCUT2D eigenvalue weighted by atomic mass is 79.9.